The molecule has 0 atom stereocenters. The Kier molecular flexibility index (Phi) is 2.47. The Bertz CT molecular complexity index is 372. The van der Waals surface area contributed by atoms with Crippen LogP contribution in [0, 0.1) is 5.95 Å². The summed E-state index contributed by atoms with van der Waals surface area (Å²) in [5.41, 5.74) is 0. The molecule has 0 bridgehead atoms. The fourth-order valence-electron chi connectivity index (χ4n) is 2.25. The van der Waals surface area contributed by atoms with Crippen molar-refractivity contribution in [2.45, 2.75) is 18.9 Å². The van der Waals surface area contributed by atoms with Crippen molar-refractivity contribution in [1.82, 2.24) is 14.9 Å². The quantitative estimate of drug-likeness (QED) is 0.696. The van der Waals surface area contributed by atoms with Crippen LogP contribution < -0.4 is 4.90 Å². The average molecular weight is 222 g/mol. The molecule has 3 rings (SSSR count). The van der Waals surface area contributed by atoms with Gasteiger partial charge in [0.05, 0.1) is 0 Å². The fourth-order valence-corrected chi connectivity index (χ4v) is 2.25. The van der Waals surface area contributed by atoms with E-state index in [1.54, 1.807) is 0 Å². The molecule has 1 aliphatic heterocycles. The molecule has 0 N–H and O–H groups in total. The van der Waals surface area contributed by atoms with Crippen LogP contribution in [0.1, 0.15) is 12.8 Å². The van der Waals surface area contributed by atoms with Crippen molar-refractivity contribution >= 4 is 5.82 Å². The van der Waals surface area contributed by atoms with Gasteiger partial charge >= 0.3 is 0 Å². The zero-order valence-electron chi connectivity index (χ0n) is 9.14. The number of hydrogen-bond acceptors (Lipinski definition) is 4. The van der Waals surface area contributed by atoms with E-state index in [0.29, 0.717) is 5.82 Å². The molecular formula is C11H15FN4. The first-order valence-electron chi connectivity index (χ1n) is 5.79. The molecule has 86 valence electrons. The lowest BCUT2D eigenvalue weighted by Crippen LogP contribution is -2.47. The van der Waals surface area contributed by atoms with Crippen molar-refractivity contribution in [3.05, 3.63) is 18.3 Å². The van der Waals surface area contributed by atoms with Crippen LogP contribution in [0.15, 0.2) is 12.4 Å². The van der Waals surface area contributed by atoms with Crippen LogP contribution in [-0.2, 0) is 0 Å². The van der Waals surface area contributed by atoms with Gasteiger partial charge in [0.15, 0.2) is 0 Å². The highest BCUT2D eigenvalue weighted by molar-refractivity contribution is 5.37. The minimum Gasteiger partial charge on any atom is -0.354 e. The van der Waals surface area contributed by atoms with Gasteiger partial charge in [-0.05, 0) is 12.8 Å². The van der Waals surface area contributed by atoms with E-state index in [1.807, 2.05) is 0 Å². The standard InChI is InChI=1S/C11H15FN4/c12-10-7-11(14-8-13-10)16-5-3-15(4-6-16)9-1-2-9/h7-9H,1-6H2. The predicted octanol–water partition coefficient (Wildman–Crippen LogP) is 0.900. The maximum atomic E-state index is 12.9. The molecular weight excluding hydrogens is 207 g/mol. The van der Waals surface area contributed by atoms with Crippen LogP contribution in [0.5, 0.6) is 0 Å². The van der Waals surface area contributed by atoms with Crippen molar-refractivity contribution in [1.29, 1.82) is 0 Å². The molecule has 0 radical (unpaired) electrons. The maximum Gasteiger partial charge on any atom is 0.218 e. The van der Waals surface area contributed by atoms with Gasteiger partial charge in [0.25, 0.3) is 0 Å². The number of nitrogens with zero attached hydrogens (tertiary/aromatic N) is 4. The van der Waals surface area contributed by atoms with Gasteiger partial charge in [0.1, 0.15) is 12.1 Å². The molecule has 2 heterocycles. The fraction of sp³-hybridized carbons (Fsp3) is 0.636. The second-order valence-corrected chi connectivity index (χ2v) is 4.45. The highest BCUT2D eigenvalue weighted by Gasteiger charge is 2.31. The number of halogens is 1. The molecule has 4 nitrogen and oxygen atoms in total. The Morgan fingerprint density at radius 1 is 1.12 bits per heavy atom. The third-order valence-corrected chi connectivity index (χ3v) is 3.32. The largest absolute Gasteiger partial charge is 0.354 e. The maximum absolute atomic E-state index is 12.9. The molecule has 16 heavy (non-hydrogen) atoms. The van der Waals surface area contributed by atoms with Gasteiger partial charge in [-0.15, -0.1) is 0 Å². The van der Waals surface area contributed by atoms with Gasteiger partial charge in [-0.25, -0.2) is 9.97 Å². The van der Waals surface area contributed by atoms with Gasteiger partial charge in [0.2, 0.25) is 5.95 Å². The molecule has 1 saturated heterocycles. The summed E-state index contributed by atoms with van der Waals surface area (Å²) in [5.74, 6) is 0.262. The van der Waals surface area contributed by atoms with Gasteiger partial charge in [-0.3, -0.25) is 4.90 Å². The van der Waals surface area contributed by atoms with Crippen LogP contribution in [0.3, 0.4) is 0 Å². The smallest absolute Gasteiger partial charge is 0.218 e. The number of aromatic nitrogens is 2. The Hall–Kier alpha value is -1.23. The van der Waals surface area contributed by atoms with Crippen molar-refractivity contribution in [3.8, 4) is 0 Å². The van der Waals surface area contributed by atoms with Crippen LogP contribution in [0.25, 0.3) is 0 Å². The summed E-state index contributed by atoms with van der Waals surface area (Å²) in [6.45, 7) is 4.01. The SMILES string of the molecule is Fc1cc(N2CCN(C3CC3)CC2)ncn1. The molecule has 1 saturated carbocycles. The molecule has 0 unspecified atom stereocenters. The second-order valence-electron chi connectivity index (χ2n) is 4.45. The lowest BCUT2D eigenvalue weighted by molar-refractivity contribution is 0.247. The van der Waals surface area contributed by atoms with E-state index in [2.05, 4.69) is 19.8 Å². The van der Waals surface area contributed by atoms with Crippen LogP contribution in [-0.4, -0.2) is 47.1 Å². The monoisotopic (exact) mass is 222 g/mol. The summed E-state index contributed by atoms with van der Waals surface area (Å²) < 4.78 is 12.9. The first-order chi connectivity index (χ1) is 7.83. The van der Waals surface area contributed by atoms with E-state index >= 15 is 0 Å². The number of piperazine rings is 1. The van der Waals surface area contributed by atoms with Crippen molar-refractivity contribution < 1.29 is 4.39 Å². The third kappa shape index (κ3) is 2.00. The lowest BCUT2D eigenvalue weighted by atomic mass is 10.3. The van der Waals surface area contributed by atoms with Crippen LogP contribution in [0.2, 0.25) is 0 Å². The summed E-state index contributed by atoms with van der Waals surface area (Å²) in [5, 5.41) is 0. The number of hydrogen-bond donors (Lipinski definition) is 0. The summed E-state index contributed by atoms with van der Waals surface area (Å²) in [7, 11) is 0. The third-order valence-electron chi connectivity index (χ3n) is 3.32. The van der Waals surface area contributed by atoms with Gasteiger partial charge in [-0.2, -0.15) is 4.39 Å². The van der Waals surface area contributed by atoms with E-state index in [9.17, 15) is 4.39 Å². The predicted molar refractivity (Wildman–Crippen MR) is 58.8 cm³/mol. The average Bonchev–Trinajstić information content (AvgIpc) is 3.13. The van der Waals surface area contributed by atoms with E-state index < -0.39 is 5.95 Å². The highest BCUT2D eigenvalue weighted by Crippen LogP contribution is 2.28. The Morgan fingerprint density at radius 2 is 1.88 bits per heavy atom. The number of anilines is 1. The molecule has 1 aliphatic carbocycles. The summed E-state index contributed by atoms with van der Waals surface area (Å²) in [6, 6.07) is 2.23. The zero-order valence-corrected chi connectivity index (χ0v) is 9.14. The molecule has 5 heteroatoms. The first kappa shape index (κ1) is 9.96. The highest BCUT2D eigenvalue weighted by atomic mass is 19.1. The first-order valence-corrected chi connectivity index (χ1v) is 5.79. The number of rotatable bonds is 2. The molecule has 0 aromatic carbocycles. The van der Waals surface area contributed by atoms with Crippen LogP contribution >= 0.6 is 0 Å². The van der Waals surface area contributed by atoms with Crippen LogP contribution in [0.4, 0.5) is 10.2 Å². The minimum atomic E-state index is -0.449. The Balaban J connectivity index is 1.64. The van der Waals surface area contributed by atoms with Gasteiger partial charge < -0.3 is 4.90 Å². The summed E-state index contributed by atoms with van der Waals surface area (Å²) >= 11 is 0. The summed E-state index contributed by atoms with van der Waals surface area (Å²) in [4.78, 5) is 12.2. The molecule has 2 fully saturated rings. The van der Waals surface area contributed by atoms with Gasteiger partial charge in [0, 0.05) is 38.3 Å². The zero-order chi connectivity index (χ0) is 11.0. The Morgan fingerprint density at radius 3 is 2.50 bits per heavy atom. The van der Waals surface area contributed by atoms with Crippen molar-refractivity contribution in [2.24, 2.45) is 0 Å². The molecule has 0 spiro atoms. The lowest BCUT2D eigenvalue weighted by Gasteiger charge is -2.35. The van der Waals surface area contributed by atoms with E-state index in [4.69, 9.17) is 0 Å². The van der Waals surface area contributed by atoms with E-state index in [1.165, 1.54) is 25.2 Å². The van der Waals surface area contributed by atoms with E-state index in [0.717, 1.165) is 32.2 Å². The van der Waals surface area contributed by atoms with Crippen molar-refractivity contribution in [3.63, 3.8) is 0 Å². The molecule has 2 aliphatic rings. The normalized spacial score (nSPS) is 22.4. The van der Waals surface area contributed by atoms with E-state index in [-0.39, 0.29) is 0 Å². The molecule has 0 amide bonds. The topological polar surface area (TPSA) is 32.3 Å². The van der Waals surface area contributed by atoms with Crippen molar-refractivity contribution in [2.75, 3.05) is 31.1 Å². The second kappa shape index (κ2) is 3.97. The Labute approximate surface area is 94.1 Å². The van der Waals surface area contributed by atoms with Gasteiger partial charge in [-0.1, -0.05) is 0 Å². The minimum absolute atomic E-state index is 0.449. The molecule has 1 aromatic heterocycles. The summed E-state index contributed by atoms with van der Waals surface area (Å²) in [6.07, 6.45) is 3.99. The molecule has 1 aromatic rings.